The van der Waals surface area contributed by atoms with Gasteiger partial charge in [0.05, 0.1) is 10.4 Å². The molecular formula is C18H21Cl2N3O3S2. The molecule has 2 heterocycles. The summed E-state index contributed by atoms with van der Waals surface area (Å²) in [7, 11) is -3.54. The molecule has 1 aliphatic rings. The number of nitrogens with one attached hydrogen (secondary N) is 1. The van der Waals surface area contributed by atoms with Crippen molar-refractivity contribution in [3.8, 4) is 0 Å². The van der Waals surface area contributed by atoms with Crippen LogP contribution in [-0.4, -0.2) is 55.8 Å². The summed E-state index contributed by atoms with van der Waals surface area (Å²) in [6.07, 6.45) is 0. The normalized spacial score (nSPS) is 17.4. The van der Waals surface area contributed by atoms with Gasteiger partial charge >= 0.3 is 0 Å². The van der Waals surface area contributed by atoms with E-state index in [4.69, 9.17) is 23.2 Å². The molecule has 1 saturated heterocycles. The number of hydrogen-bond donors (Lipinski definition) is 1. The topological polar surface area (TPSA) is 69.7 Å². The van der Waals surface area contributed by atoms with E-state index < -0.39 is 10.0 Å². The van der Waals surface area contributed by atoms with Crippen LogP contribution in [0.1, 0.15) is 12.5 Å². The average molecular weight is 462 g/mol. The van der Waals surface area contributed by atoms with E-state index in [0.717, 1.165) is 16.9 Å². The zero-order valence-electron chi connectivity index (χ0n) is 15.5. The number of rotatable bonds is 5. The summed E-state index contributed by atoms with van der Waals surface area (Å²) in [4.78, 5) is 14.6. The van der Waals surface area contributed by atoms with E-state index in [2.05, 4.69) is 5.32 Å². The molecule has 0 saturated carbocycles. The molecule has 1 aromatic carbocycles. The molecule has 3 rings (SSSR count). The number of benzene rings is 1. The first-order valence-corrected chi connectivity index (χ1v) is 11.8. The van der Waals surface area contributed by atoms with Crippen LogP contribution in [0.15, 0.2) is 34.5 Å². The van der Waals surface area contributed by atoms with Gasteiger partial charge in [0.1, 0.15) is 4.21 Å². The van der Waals surface area contributed by atoms with Gasteiger partial charge in [0.25, 0.3) is 10.0 Å². The molecule has 6 nitrogen and oxygen atoms in total. The zero-order chi connectivity index (χ0) is 20.5. The van der Waals surface area contributed by atoms with Crippen molar-refractivity contribution < 1.29 is 13.2 Å². The molecule has 0 spiro atoms. The van der Waals surface area contributed by atoms with E-state index >= 15 is 0 Å². The monoisotopic (exact) mass is 461 g/mol. The van der Waals surface area contributed by atoms with Crippen molar-refractivity contribution in [3.05, 3.63) is 45.3 Å². The molecule has 0 bridgehead atoms. The Bertz CT molecular complexity index is 970. The number of nitrogens with zero attached hydrogens (tertiary/aromatic N) is 2. The highest BCUT2D eigenvalue weighted by Crippen LogP contribution is 2.29. The molecule has 152 valence electrons. The van der Waals surface area contributed by atoms with Gasteiger partial charge in [-0.05, 0) is 43.7 Å². The van der Waals surface area contributed by atoms with Crippen LogP contribution in [0.25, 0.3) is 0 Å². The van der Waals surface area contributed by atoms with Crippen molar-refractivity contribution >= 4 is 56.2 Å². The minimum absolute atomic E-state index is 0.147. The van der Waals surface area contributed by atoms with E-state index in [1.165, 1.54) is 10.4 Å². The van der Waals surface area contributed by atoms with Crippen molar-refractivity contribution in [1.29, 1.82) is 0 Å². The summed E-state index contributed by atoms with van der Waals surface area (Å²) in [5, 5.41) is 3.46. The molecule has 1 atom stereocenters. The van der Waals surface area contributed by atoms with Crippen LogP contribution < -0.4 is 5.32 Å². The lowest BCUT2D eigenvalue weighted by molar-refractivity contribution is -0.121. The molecule has 1 aromatic heterocycles. The molecule has 1 N–H and O–H groups in total. The molecule has 1 fully saturated rings. The van der Waals surface area contributed by atoms with Gasteiger partial charge in [-0.3, -0.25) is 9.69 Å². The quantitative estimate of drug-likeness (QED) is 0.736. The molecule has 2 aromatic rings. The fourth-order valence-corrected chi connectivity index (χ4v) is 6.26. The summed E-state index contributed by atoms with van der Waals surface area (Å²) in [5.41, 5.74) is 1.61. The Labute approximate surface area is 179 Å². The Kier molecular flexibility index (Phi) is 6.69. The molecule has 1 unspecified atom stereocenters. The van der Waals surface area contributed by atoms with Crippen molar-refractivity contribution in [1.82, 2.24) is 9.21 Å². The van der Waals surface area contributed by atoms with E-state index in [0.29, 0.717) is 41.2 Å². The summed E-state index contributed by atoms with van der Waals surface area (Å²) in [6.45, 7) is 5.32. The Hall–Kier alpha value is -1.16. The fourth-order valence-electron chi connectivity index (χ4n) is 3.03. The third-order valence-corrected chi connectivity index (χ3v) is 8.63. The Morgan fingerprint density at radius 1 is 1.14 bits per heavy atom. The van der Waals surface area contributed by atoms with Crippen LogP contribution in [0.3, 0.4) is 0 Å². The second-order valence-electron chi connectivity index (χ2n) is 6.62. The largest absolute Gasteiger partial charge is 0.324 e. The molecule has 1 aliphatic heterocycles. The first-order chi connectivity index (χ1) is 13.2. The Morgan fingerprint density at radius 2 is 1.82 bits per heavy atom. The van der Waals surface area contributed by atoms with Gasteiger partial charge < -0.3 is 5.32 Å². The maximum atomic E-state index is 12.7. The molecule has 0 radical (unpaired) electrons. The Balaban J connectivity index is 1.61. The number of aryl methyl sites for hydroxylation is 1. The highest BCUT2D eigenvalue weighted by Gasteiger charge is 2.32. The van der Waals surface area contributed by atoms with Gasteiger partial charge in [-0.15, -0.1) is 11.3 Å². The molecule has 10 heteroatoms. The summed E-state index contributed by atoms with van der Waals surface area (Å²) < 4.78 is 27.5. The SMILES string of the molecule is Cc1ccc(Cl)cc1NC(=O)C(C)N1CCN(S(=O)(=O)c2ccc(Cl)s2)CC1. The number of halogens is 2. The van der Waals surface area contributed by atoms with E-state index in [9.17, 15) is 13.2 Å². The second kappa shape index (κ2) is 8.69. The molecule has 28 heavy (non-hydrogen) atoms. The maximum Gasteiger partial charge on any atom is 0.252 e. The average Bonchev–Trinajstić information content (AvgIpc) is 3.11. The number of hydrogen-bond acceptors (Lipinski definition) is 5. The van der Waals surface area contributed by atoms with Gasteiger partial charge in [0, 0.05) is 36.9 Å². The van der Waals surface area contributed by atoms with E-state index in [-0.39, 0.29) is 16.2 Å². The van der Waals surface area contributed by atoms with Crippen LogP contribution in [0.2, 0.25) is 9.36 Å². The summed E-state index contributed by atoms with van der Waals surface area (Å²) in [6, 6.07) is 8.06. The van der Waals surface area contributed by atoms with Gasteiger partial charge in [-0.2, -0.15) is 4.31 Å². The molecular weight excluding hydrogens is 441 g/mol. The van der Waals surface area contributed by atoms with Gasteiger partial charge in [0.15, 0.2) is 0 Å². The Morgan fingerprint density at radius 3 is 2.43 bits per heavy atom. The lowest BCUT2D eigenvalue weighted by Crippen LogP contribution is -2.53. The third kappa shape index (κ3) is 4.69. The predicted molar refractivity (Wildman–Crippen MR) is 114 cm³/mol. The van der Waals surface area contributed by atoms with Crippen LogP contribution >= 0.6 is 34.5 Å². The predicted octanol–water partition coefficient (Wildman–Crippen LogP) is 3.70. The van der Waals surface area contributed by atoms with Crippen LogP contribution in [0.5, 0.6) is 0 Å². The number of anilines is 1. The van der Waals surface area contributed by atoms with Crippen molar-refractivity contribution in [2.24, 2.45) is 0 Å². The van der Waals surface area contributed by atoms with Gasteiger partial charge in [-0.1, -0.05) is 29.3 Å². The minimum atomic E-state index is -3.54. The zero-order valence-corrected chi connectivity index (χ0v) is 18.6. The number of piperazine rings is 1. The smallest absolute Gasteiger partial charge is 0.252 e. The van der Waals surface area contributed by atoms with Gasteiger partial charge in [0.2, 0.25) is 5.91 Å². The van der Waals surface area contributed by atoms with Crippen LogP contribution in [-0.2, 0) is 14.8 Å². The number of thiophene rings is 1. The fraction of sp³-hybridized carbons (Fsp3) is 0.389. The number of carbonyl (C=O) groups is 1. The number of sulfonamides is 1. The minimum Gasteiger partial charge on any atom is -0.324 e. The standard InChI is InChI=1S/C18H21Cl2N3O3S2/c1-12-3-4-14(19)11-15(12)21-18(24)13(2)22-7-9-23(10-8-22)28(25,26)17-6-5-16(20)27-17/h3-6,11,13H,7-10H2,1-2H3,(H,21,24). The van der Waals surface area contributed by atoms with Gasteiger partial charge in [-0.25, -0.2) is 8.42 Å². The molecule has 0 aliphatic carbocycles. The number of carbonyl (C=O) groups excluding carboxylic acids is 1. The van der Waals surface area contributed by atoms with Crippen molar-refractivity contribution in [2.45, 2.75) is 24.1 Å². The summed E-state index contributed by atoms with van der Waals surface area (Å²) in [5.74, 6) is -0.147. The first kappa shape index (κ1) is 21.5. The van der Waals surface area contributed by atoms with Crippen molar-refractivity contribution in [2.75, 3.05) is 31.5 Å². The summed E-state index contributed by atoms with van der Waals surface area (Å²) >= 11 is 12.9. The second-order valence-corrected chi connectivity index (χ2v) is 10.9. The lowest BCUT2D eigenvalue weighted by atomic mass is 10.1. The highest BCUT2D eigenvalue weighted by atomic mass is 35.5. The maximum absolute atomic E-state index is 12.7. The van der Waals surface area contributed by atoms with E-state index in [1.807, 2.05) is 24.8 Å². The third-order valence-electron chi connectivity index (χ3n) is 4.80. The van der Waals surface area contributed by atoms with Crippen LogP contribution in [0, 0.1) is 6.92 Å². The molecule has 1 amide bonds. The lowest BCUT2D eigenvalue weighted by Gasteiger charge is -2.36. The number of amides is 1. The van der Waals surface area contributed by atoms with E-state index in [1.54, 1.807) is 18.2 Å². The highest BCUT2D eigenvalue weighted by molar-refractivity contribution is 7.91. The van der Waals surface area contributed by atoms with Crippen molar-refractivity contribution in [3.63, 3.8) is 0 Å². The first-order valence-electron chi connectivity index (χ1n) is 8.75. The van der Waals surface area contributed by atoms with Crippen LogP contribution in [0.4, 0.5) is 5.69 Å².